The number of rotatable bonds is 1. The molecule has 3 rings (SSSR count). The second-order valence-electron chi connectivity index (χ2n) is 5.04. The standard InChI is InChI=1S/C14H16N2/c15-9-10-2-1-3-11(6-10)12-7-13-4-5-14(8-12)16-13/h1-3,6,12-14,16H,4-5,7-8H2. The minimum absolute atomic E-state index is 0.659. The van der Waals surface area contributed by atoms with Crippen LogP contribution in [0.15, 0.2) is 24.3 Å². The third-order valence-corrected chi connectivity index (χ3v) is 3.96. The number of nitriles is 1. The SMILES string of the molecule is N#Cc1cccc(C2CC3CCC(C2)N3)c1. The highest BCUT2D eigenvalue weighted by atomic mass is 15.0. The summed E-state index contributed by atoms with van der Waals surface area (Å²) in [5.74, 6) is 0.659. The largest absolute Gasteiger partial charge is 0.311 e. The number of nitrogens with one attached hydrogen (secondary N) is 1. The van der Waals surface area contributed by atoms with Gasteiger partial charge in [0.1, 0.15) is 0 Å². The average Bonchev–Trinajstić information content (AvgIpc) is 2.68. The molecule has 2 unspecified atom stereocenters. The van der Waals surface area contributed by atoms with Crippen LogP contribution in [-0.2, 0) is 0 Å². The van der Waals surface area contributed by atoms with Gasteiger partial charge in [0.2, 0.25) is 0 Å². The molecule has 2 heteroatoms. The third-order valence-electron chi connectivity index (χ3n) is 3.96. The van der Waals surface area contributed by atoms with Gasteiger partial charge in [-0.25, -0.2) is 0 Å². The summed E-state index contributed by atoms with van der Waals surface area (Å²) in [5, 5.41) is 12.6. The first-order valence-electron chi connectivity index (χ1n) is 6.11. The van der Waals surface area contributed by atoms with Crippen molar-refractivity contribution in [2.45, 2.75) is 43.7 Å². The van der Waals surface area contributed by atoms with Crippen molar-refractivity contribution in [3.05, 3.63) is 35.4 Å². The quantitative estimate of drug-likeness (QED) is 0.776. The van der Waals surface area contributed by atoms with Crippen LogP contribution in [0.1, 0.15) is 42.7 Å². The fraction of sp³-hybridized carbons (Fsp3) is 0.500. The Kier molecular flexibility index (Phi) is 2.41. The van der Waals surface area contributed by atoms with E-state index >= 15 is 0 Å². The van der Waals surface area contributed by atoms with E-state index < -0.39 is 0 Å². The molecule has 82 valence electrons. The summed E-state index contributed by atoms with van der Waals surface area (Å²) in [6.07, 6.45) is 5.15. The van der Waals surface area contributed by atoms with Crippen molar-refractivity contribution in [2.75, 3.05) is 0 Å². The summed E-state index contributed by atoms with van der Waals surface area (Å²) < 4.78 is 0. The van der Waals surface area contributed by atoms with Crippen molar-refractivity contribution in [3.63, 3.8) is 0 Å². The Hall–Kier alpha value is -1.33. The Labute approximate surface area is 96.3 Å². The summed E-state index contributed by atoms with van der Waals surface area (Å²) in [7, 11) is 0. The monoisotopic (exact) mass is 212 g/mol. The van der Waals surface area contributed by atoms with Crippen LogP contribution in [0.25, 0.3) is 0 Å². The first-order chi connectivity index (χ1) is 7.85. The topological polar surface area (TPSA) is 35.8 Å². The molecule has 0 amide bonds. The van der Waals surface area contributed by atoms with Gasteiger partial charge in [-0.05, 0) is 49.3 Å². The number of hydrogen-bond acceptors (Lipinski definition) is 2. The molecule has 0 spiro atoms. The van der Waals surface area contributed by atoms with Crippen LogP contribution in [0, 0.1) is 11.3 Å². The van der Waals surface area contributed by atoms with Gasteiger partial charge in [-0.2, -0.15) is 5.26 Å². The van der Waals surface area contributed by atoms with E-state index in [0.29, 0.717) is 5.92 Å². The molecule has 2 nitrogen and oxygen atoms in total. The van der Waals surface area contributed by atoms with E-state index in [1.807, 2.05) is 12.1 Å². The van der Waals surface area contributed by atoms with Gasteiger partial charge in [-0.3, -0.25) is 0 Å². The molecule has 2 saturated heterocycles. The van der Waals surface area contributed by atoms with E-state index in [-0.39, 0.29) is 0 Å². The Morgan fingerprint density at radius 1 is 1.19 bits per heavy atom. The van der Waals surface area contributed by atoms with Crippen LogP contribution in [0.3, 0.4) is 0 Å². The molecule has 0 aliphatic carbocycles. The molecular weight excluding hydrogens is 196 g/mol. The van der Waals surface area contributed by atoms with Gasteiger partial charge in [0.25, 0.3) is 0 Å². The molecule has 2 aliphatic rings. The minimum Gasteiger partial charge on any atom is -0.311 e. The van der Waals surface area contributed by atoms with Crippen molar-refractivity contribution in [3.8, 4) is 6.07 Å². The molecule has 1 N–H and O–H groups in total. The summed E-state index contributed by atoms with van der Waals surface area (Å²) in [6.45, 7) is 0. The lowest BCUT2D eigenvalue weighted by molar-refractivity contribution is 0.363. The second-order valence-corrected chi connectivity index (χ2v) is 5.04. The van der Waals surface area contributed by atoms with E-state index in [1.54, 1.807) is 0 Å². The van der Waals surface area contributed by atoms with Gasteiger partial charge in [-0.1, -0.05) is 12.1 Å². The van der Waals surface area contributed by atoms with Gasteiger partial charge in [0, 0.05) is 12.1 Å². The Morgan fingerprint density at radius 2 is 1.94 bits per heavy atom. The van der Waals surface area contributed by atoms with Crippen LogP contribution in [0.5, 0.6) is 0 Å². The van der Waals surface area contributed by atoms with Crippen LogP contribution in [0.4, 0.5) is 0 Å². The maximum absolute atomic E-state index is 8.91. The third kappa shape index (κ3) is 1.72. The van der Waals surface area contributed by atoms with Gasteiger partial charge in [0.05, 0.1) is 11.6 Å². The fourth-order valence-corrected chi connectivity index (χ4v) is 3.19. The maximum Gasteiger partial charge on any atom is 0.0991 e. The zero-order chi connectivity index (χ0) is 11.0. The summed E-state index contributed by atoms with van der Waals surface area (Å²) >= 11 is 0. The Bertz CT molecular complexity index is 421. The molecule has 2 bridgehead atoms. The van der Waals surface area contributed by atoms with Gasteiger partial charge >= 0.3 is 0 Å². The fourth-order valence-electron chi connectivity index (χ4n) is 3.19. The minimum atomic E-state index is 0.659. The summed E-state index contributed by atoms with van der Waals surface area (Å²) in [4.78, 5) is 0. The predicted octanol–water partition coefficient (Wildman–Crippen LogP) is 2.56. The highest BCUT2D eigenvalue weighted by molar-refractivity contribution is 5.35. The van der Waals surface area contributed by atoms with E-state index in [1.165, 1.54) is 31.2 Å². The van der Waals surface area contributed by atoms with Gasteiger partial charge in [0.15, 0.2) is 0 Å². The average molecular weight is 212 g/mol. The smallest absolute Gasteiger partial charge is 0.0991 e. The molecule has 2 aliphatic heterocycles. The molecule has 0 radical (unpaired) electrons. The Morgan fingerprint density at radius 3 is 2.62 bits per heavy atom. The molecule has 0 aromatic heterocycles. The highest BCUT2D eigenvalue weighted by Crippen LogP contribution is 2.37. The molecule has 2 heterocycles. The number of fused-ring (bicyclic) bond motifs is 2. The van der Waals surface area contributed by atoms with E-state index in [0.717, 1.165) is 17.6 Å². The van der Waals surface area contributed by atoms with Crippen LogP contribution in [0.2, 0.25) is 0 Å². The normalized spacial score (nSPS) is 32.3. The van der Waals surface area contributed by atoms with E-state index in [2.05, 4.69) is 23.5 Å². The second kappa shape index (κ2) is 3.92. The molecule has 2 fully saturated rings. The van der Waals surface area contributed by atoms with Crippen molar-refractivity contribution >= 4 is 0 Å². The molecule has 16 heavy (non-hydrogen) atoms. The zero-order valence-corrected chi connectivity index (χ0v) is 9.32. The molecular formula is C14H16N2. The number of piperidine rings is 1. The molecule has 1 aromatic rings. The zero-order valence-electron chi connectivity index (χ0n) is 9.32. The predicted molar refractivity (Wildman–Crippen MR) is 63.1 cm³/mol. The molecule has 2 atom stereocenters. The van der Waals surface area contributed by atoms with E-state index in [4.69, 9.17) is 5.26 Å². The van der Waals surface area contributed by atoms with Crippen molar-refractivity contribution in [1.29, 1.82) is 5.26 Å². The lowest BCUT2D eigenvalue weighted by Gasteiger charge is -2.29. The van der Waals surface area contributed by atoms with Gasteiger partial charge < -0.3 is 5.32 Å². The van der Waals surface area contributed by atoms with Crippen molar-refractivity contribution in [2.24, 2.45) is 0 Å². The van der Waals surface area contributed by atoms with Crippen LogP contribution < -0.4 is 5.32 Å². The highest BCUT2D eigenvalue weighted by Gasteiger charge is 2.33. The molecule has 1 aromatic carbocycles. The molecule has 0 saturated carbocycles. The van der Waals surface area contributed by atoms with Crippen LogP contribution >= 0.6 is 0 Å². The van der Waals surface area contributed by atoms with Crippen molar-refractivity contribution in [1.82, 2.24) is 5.32 Å². The van der Waals surface area contributed by atoms with Crippen LogP contribution in [-0.4, -0.2) is 12.1 Å². The first kappa shape index (κ1) is 9.86. The lowest BCUT2D eigenvalue weighted by Crippen LogP contribution is -2.37. The lowest BCUT2D eigenvalue weighted by atomic mass is 9.86. The first-order valence-corrected chi connectivity index (χ1v) is 6.11. The number of benzene rings is 1. The van der Waals surface area contributed by atoms with E-state index in [9.17, 15) is 0 Å². The summed E-state index contributed by atoms with van der Waals surface area (Å²) in [6, 6.07) is 11.8. The summed E-state index contributed by atoms with van der Waals surface area (Å²) in [5.41, 5.74) is 2.15. The number of nitrogens with zero attached hydrogens (tertiary/aromatic N) is 1. The number of hydrogen-bond donors (Lipinski definition) is 1. The Balaban J connectivity index is 1.84. The van der Waals surface area contributed by atoms with Crippen molar-refractivity contribution < 1.29 is 0 Å². The maximum atomic E-state index is 8.91. The van der Waals surface area contributed by atoms with Gasteiger partial charge in [-0.15, -0.1) is 0 Å².